The van der Waals surface area contributed by atoms with E-state index in [0.717, 1.165) is 6.42 Å². The third-order valence-electron chi connectivity index (χ3n) is 5.65. The number of rotatable bonds is 12. The number of nitrogens with one attached hydrogen (secondary N) is 6. The van der Waals surface area contributed by atoms with E-state index < -0.39 is 48.1 Å². The Hall–Kier alpha value is -3.78. The molecular formula is C21H30N8O6. The number of carboxylic acid groups (broad SMARTS) is 1. The molecule has 3 rings (SSSR count). The van der Waals surface area contributed by atoms with E-state index in [4.69, 9.17) is 0 Å². The van der Waals surface area contributed by atoms with E-state index >= 15 is 0 Å². The van der Waals surface area contributed by atoms with Crippen molar-refractivity contribution in [2.45, 2.75) is 62.9 Å². The van der Waals surface area contributed by atoms with E-state index in [-0.39, 0.29) is 18.7 Å². The van der Waals surface area contributed by atoms with Gasteiger partial charge in [-0.05, 0) is 26.3 Å². The molecule has 0 bridgehead atoms. The first kappa shape index (κ1) is 25.8. The predicted molar refractivity (Wildman–Crippen MR) is 121 cm³/mol. The smallest absolute Gasteiger partial charge is 0.328 e. The summed E-state index contributed by atoms with van der Waals surface area (Å²) in [5.74, 6) is -3.22. The summed E-state index contributed by atoms with van der Waals surface area (Å²) in [5, 5.41) is 29.7. The second kappa shape index (κ2) is 12.1. The lowest BCUT2D eigenvalue weighted by molar-refractivity contribution is -0.145. The number of H-pyrrole nitrogens is 2. The average molecular weight is 491 g/mol. The molecule has 8 N–H and O–H groups in total. The summed E-state index contributed by atoms with van der Waals surface area (Å²) < 4.78 is 0. The number of aliphatic hydroxyl groups excluding tert-OH is 1. The van der Waals surface area contributed by atoms with Crippen molar-refractivity contribution in [1.82, 2.24) is 41.2 Å². The summed E-state index contributed by atoms with van der Waals surface area (Å²) in [6.45, 7) is 1.94. The highest BCUT2D eigenvalue weighted by atomic mass is 16.4. The van der Waals surface area contributed by atoms with Gasteiger partial charge in [-0.15, -0.1) is 0 Å². The topological polar surface area (TPSA) is 214 Å². The number of imidazole rings is 2. The molecule has 2 aromatic rings. The maximum Gasteiger partial charge on any atom is 0.328 e. The molecule has 1 aliphatic rings. The first-order valence-corrected chi connectivity index (χ1v) is 11.2. The van der Waals surface area contributed by atoms with E-state index in [1.807, 2.05) is 0 Å². The largest absolute Gasteiger partial charge is 0.480 e. The average Bonchev–Trinajstić information content (AvgIpc) is 3.59. The monoisotopic (exact) mass is 490 g/mol. The van der Waals surface area contributed by atoms with Crippen LogP contribution in [0.2, 0.25) is 0 Å². The molecule has 0 saturated carbocycles. The van der Waals surface area contributed by atoms with E-state index in [1.165, 1.54) is 32.0 Å². The van der Waals surface area contributed by atoms with E-state index in [1.54, 1.807) is 0 Å². The van der Waals surface area contributed by atoms with Gasteiger partial charge < -0.3 is 41.4 Å². The Morgan fingerprint density at radius 2 is 1.57 bits per heavy atom. The molecule has 0 radical (unpaired) electrons. The fraction of sp³-hybridized carbons (Fsp3) is 0.524. The van der Waals surface area contributed by atoms with Crippen molar-refractivity contribution < 1.29 is 29.4 Å². The van der Waals surface area contributed by atoms with Crippen molar-refractivity contribution in [2.75, 3.05) is 6.54 Å². The lowest BCUT2D eigenvalue weighted by Crippen LogP contribution is -2.59. The highest BCUT2D eigenvalue weighted by Gasteiger charge is 2.33. The number of nitrogens with zero attached hydrogens (tertiary/aromatic N) is 2. The SMILES string of the molecule is CC(O)C(NC(=O)C(Cc1cnc[nH]1)NC(=O)C(Cc1cnc[nH]1)NC(=O)C1CCCN1)C(=O)O. The molecule has 5 unspecified atom stereocenters. The van der Waals surface area contributed by atoms with E-state index in [0.29, 0.717) is 24.4 Å². The standard InChI is InChI=1S/C21H30N8O6/c1-11(30)17(21(34)35)29-20(33)16(6-13-8-23-10-26-13)28-19(32)15(5-12-7-22-9-25-12)27-18(31)14-3-2-4-24-14/h7-11,14-17,24,30H,2-6H2,1H3,(H,22,25)(H,23,26)(H,27,31)(H,28,32)(H,29,33)(H,34,35). The van der Waals surface area contributed by atoms with Gasteiger partial charge in [0.2, 0.25) is 17.7 Å². The highest BCUT2D eigenvalue weighted by Crippen LogP contribution is 2.08. The zero-order valence-corrected chi connectivity index (χ0v) is 19.2. The first-order chi connectivity index (χ1) is 16.7. The number of aromatic amines is 2. The Morgan fingerprint density at radius 1 is 1.00 bits per heavy atom. The van der Waals surface area contributed by atoms with Gasteiger partial charge in [-0.1, -0.05) is 0 Å². The van der Waals surface area contributed by atoms with Gasteiger partial charge >= 0.3 is 5.97 Å². The number of carbonyl (C=O) groups is 4. The van der Waals surface area contributed by atoms with Crippen LogP contribution in [-0.4, -0.2) is 90.7 Å². The lowest BCUT2D eigenvalue weighted by atomic mass is 10.1. The molecule has 1 aliphatic heterocycles. The summed E-state index contributed by atoms with van der Waals surface area (Å²) in [6.07, 6.45) is 6.01. The third kappa shape index (κ3) is 7.35. The molecule has 0 aliphatic carbocycles. The minimum atomic E-state index is -1.57. The molecule has 0 spiro atoms. The van der Waals surface area contributed by atoms with Crippen molar-refractivity contribution >= 4 is 23.7 Å². The zero-order valence-electron chi connectivity index (χ0n) is 19.2. The fourth-order valence-electron chi connectivity index (χ4n) is 3.75. The minimum absolute atomic E-state index is 0.0291. The lowest BCUT2D eigenvalue weighted by Gasteiger charge is -2.25. The summed E-state index contributed by atoms with van der Waals surface area (Å²) in [6, 6.07) is -4.24. The van der Waals surface area contributed by atoms with Crippen LogP contribution in [-0.2, 0) is 32.0 Å². The Labute approximate surface area is 200 Å². The number of hydrogen-bond acceptors (Lipinski definition) is 8. The highest BCUT2D eigenvalue weighted by molar-refractivity contribution is 5.94. The number of amides is 3. The van der Waals surface area contributed by atoms with Gasteiger partial charge in [0, 0.05) is 36.6 Å². The number of aromatic nitrogens is 4. The number of aliphatic carboxylic acids is 1. The van der Waals surface area contributed by atoms with Gasteiger partial charge in [-0.3, -0.25) is 14.4 Å². The van der Waals surface area contributed by atoms with Crippen LogP contribution in [0.4, 0.5) is 0 Å². The second-order valence-corrected chi connectivity index (χ2v) is 8.40. The van der Waals surface area contributed by atoms with Crippen LogP contribution in [0.15, 0.2) is 25.0 Å². The molecule has 190 valence electrons. The van der Waals surface area contributed by atoms with Crippen LogP contribution in [0.25, 0.3) is 0 Å². The Bertz CT molecular complexity index is 988. The summed E-state index contributed by atoms with van der Waals surface area (Å²) in [7, 11) is 0. The molecular weight excluding hydrogens is 460 g/mol. The summed E-state index contributed by atoms with van der Waals surface area (Å²) in [4.78, 5) is 63.9. The second-order valence-electron chi connectivity index (χ2n) is 8.40. The molecule has 2 aromatic heterocycles. The fourth-order valence-corrected chi connectivity index (χ4v) is 3.75. The number of carboxylic acids is 1. The Kier molecular flexibility index (Phi) is 8.92. The third-order valence-corrected chi connectivity index (χ3v) is 5.65. The van der Waals surface area contributed by atoms with Crippen molar-refractivity contribution in [1.29, 1.82) is 0 Å². The minimum Gasteiger partial charge on any atom is -0.480 e. The maximum absolute atomic E-state index is 13.3. The van der Waals surface area contributed by atoms with Gasteiger partial charge in [-0.2, -0.15) is 0 Å². The van der Waals surface area contributed by atoms with Gasteiger partial charge in [0.25, 0.3) is 0 Å². The van der Waals surface area contributed by atoms with Crippen LogP contribution < -0.4 is 21.3 Å². The molecule has 0 aromatic carbocycles. The summed E-state index contributed by atoms with van der Waals surface area (Å²) in [5.41, 5.74) is 1.11. The van der Waals surface area contributed by atoms with Crippen molar-refractivity contribution in [3.63, 3.8) is 0 Å². The van der Waals surface area contributed by atoms with Crippen LogP contribution >= 0.6 is 0 Å². The van der Waals surface area contributed by atoms with Crippen LogP contribution in [0.3, 0.4) is 0 Å². The molecule has 5 atom stereocenters. The summed E-state index contributed by atoms with van der Waals surface area (Å²) >= 11 is 0. The van der Waals surface area contributed by atoms with E-state index in [9.17, 15) is 29.4 Å². The van der Waals surface area contributed by atoms with Gasteiger partial charge in [-0.25, -0.2) is 14.8 Å². The van der Waals surface area contributed by atoms with Gasteiger partial charge in [0.05, 0.1) is 24.8 Å². The quantitative estimate of drug-likeness (QED) is 0.159. The Balaban J connectivity index is 1.77. The van der Waals surface area contributed by atoms with E-state index in [2.05, 4.69) is 41.2 Å². The Morgan fingerprint density at radius 3 is 2.03 bits per heavy atom. The number of carbonyl (C=O) groups excluding carboxylic acids is 3. The maximum atomic E-state index is 13.3. The molecule has 35 heavy (non-hydrogen) atoms. The normalized spacial score (nSPS) is 18.7. The molecule has 1 fully saturated rings. The van der Waals surface area contributed by atoms with Crippen LogP contribution in [0.1, 0.15) is 31.2 Å². The molecule has 14 heteroatoms. The van der Waals surface area contributed by atoms with Crippen molar-refractivity contribution in [3.05, 3.63) is 36.4 Å². The molecule has 3 amide bonds. The van der Waals surface area contributed by atoms with Crippen LogP contribution in [0, 0.1) is 0 Å². The van der Waals surface area contributed by atoms with Gasteiger partial charge in [0.1, 0.15) is 12.1 Å². The first-order valence-electron chi connectivity index (χ1n) is 11.2. The zero-order chi connectivity index (χ0) is 25.4. The molecule has 1 saturated heterocycles. The molecule has 14 nitrogen and oxygen atoms in total. The predicted octanol–water partition coefficient (Wildman–Crippen LogP) is -2.41. The van der Waals surface area contributed by atoms with Crippen molar-refractivity contribution in [3.8, 4) is 0 Å². The van der Waals surface area contributed by atoms with Crippen molar-refractivity contribution in [2.24, 2.45) is 0 Å². The molecule has 3 heterocycles. The van der Waals surface area contributed by atoms with Crippen LogP contribution in [0.5, 0.6) is 0 Å². The number of hydrogen-bond donors (Lipinski definition) is 8. The van der Waals surface area contributed by atoms with Gasteiger partial charge in [0.15, 0.2) is 6.04 Å². The number of aliphatic hydroxyl groups is 1.